The van der Waals surface area contributed by atoms with Crippen molar-refractivity contribution in [1.29, 1.82) is 0 Å². The number of rotatable bonds is 2. The smallest absolute Gasteiger partial charge is 0.310 e. The van der Waals surface area contributed by atoms with Crippen molar-refractivity contribution < 1.29 is 9.59 Å². The van der Waals surface area contributed by atoms with Crippen molar-refractivity contribution in [1.82, 2.24) is 0 Å². The summed E-state index contributed by atoms with van der Waals surface area (Å²) in [7, 11) is 0. The lowest BCUT2D eigenvalue weighted by molar-refractivity contribution is -0.116. The molecule has 0 saturated heterocycles. The number of hydrogen-bond acceptors (Lipinski definition) is 2. The van der Waals surface area contributed by atoms with Crippen LogP contribution >= 0.6 is 27.5 Å². The van der Waals surface area contributed by atoms with Gasteiger partial charge in [0.25, 0.3) is 0 Å². The maximum Gasteiger partial charge on any atom is 0.323 e. The molecule has 3 rings (SSSR count). The van der Waals surface area contributed by atoms with E-state index in [1.54, 1.807) is 35.2 Å². The number of urea groups is 1. The lowest BCUT2D eigenvalue weighted by Gasteiger charge is -2.19. The van der Waals surface area contributed by atoms with Gasteiger partial charge in [0.1, 0.15) is 0 Å². The Bertz CT molecular complexity index is 808. The highest BCUT2D eigenvalue weighted by Crippen LogP contribution is 2.38. The minimum absolute atomic E-state index is 0.0442. The van der Waals surface area contributed by atoms with Crippen LogP contribution in [-0.2, 0) is 11.2 Å². The van der Waals surface area contributed by atoms with E-state index in [0.29, 0.717) is 22.9 Å². The van der Waals surface area contributed by atoms with Gasteiger partial charge in [-0.1, -0.05) is 27.5 Å². The zero-order valence-electron chi connectivity index (χ0n) is 12.9. The number of anilines is 3. The van der Waals surface area contributed by atoms with Crippen LogP contribution in [0, 0.1) is 0 Å². The molecule has 5 nitrogen and oxygen atoms in total. The van der Waals surface area contributed by atoms with E-state index in [9.17, 15) is 9.59 Å². The summed E-state index contributed by atoms with van der Waals surface area (Å²) in [5, 5.41) is 6.17. The molecule has 0 aromatic heterocycles. The lowest BCUT2D eigenvalue weighted by Crippen LogP contribution is -2.28. The Balaban J connectivity index is 1.83. The molecule has 1 aliphatic rings. The molecule has 0 unspecified atom stereocenters. The summed E-state index contributed by atoms with van der Waals surface area (Å²) in [6, 6.07) is 10.2. The van der Waals surface area contributed by atoms with Crippen molar-refractivity contribution in [3.8, 4) is 0 Å². The quantitative estimate of drug-likeness (QED) is 0.759. The molecule has 2 aromatic carbocycles. The first kappa shape index (κ1) is 16.8. The summed E-state index contributed by atoms with van der Waals surface area (Å²) < 4.78 is 0.855. The van der Waals surface area contributed by atoms with E-state index in [1.165, 1.54) is 6.92 Å². The van der Waals surface area contributed by atoms with Crippen LogP contribution in [0.3, 0.4) is 0 Å². The minimum Gasteiger partial charge on any atom is -0.310 e. The number of carbonyl (C=O) groups excluding carboxylic acids is 2. The van der Waals surface area contributed by atoms with E-state index in [2.05, 4.69) is 26.6 Å². The molecule has 0 aliphatic carbocycles. The summed E-state index contributed by atoms with van der Waals surface area (Å²) in [5.74, 6) is -0.0442. The van der Waals surface area contributed by atoms with E-state index in [-0.39, 0.29) is 11.9 Å². The molecule has 2 N–H and O–H groups in total. The Labute approximate surface area is 153 Å². The number of benzene rings is 2. The zero-order chi connectivity index (χ0) is 17.3. The SMILES string of the molecule is CC(=O)N1CCc2cc(Br)cc(NC(=O)Nc3ccc(Cl)cc3)c21. The highest BCUT2D eigenvalue weighted by atomic mass is 79.9. The second-order valence-corrected chi connectivity index (χ2v) is 6.82. The van der Waals surface area contributed by atoms with E-state index >= 15 is 0 Å². The van der Waals surface area contributed by atoms with Gasteiger partial charge in [-0.2, -0.15) is 0 Å². The van der Waals surface area contributed by atoms with Crippen molar-refractivity contribution in [2.75, 3.05) is 22.1 Å². The molecule has 0 atom stereocenters. The third kappa shape index (κ3) is 3.55. The molecule has 0 spiro atoms. The fourth-order valence-electron chi connectivity index (χ4n) is 2.74. The van der Waals surface area contributed by atoms with Crippen LogP contribution < -0.4 is 15.5 Å². The standard InChI is InChI=1S/C17H15BrClN3O2/c1-10(23)22-7-6-11-8-12(18)9-15(16(11)22)21-17(24)20-14-4-2-13(19)3-5-14/h2-5,8-9H,6-7H2,1H3,(H2,20,21,24). The Morgan fingerprint density at radius 3 is 2.54 bits per heavy atom. The van der Waals surface area contributed by atoms with Crippen LogP contribution in [-0.4, -0.2) is 18.5 Å². The molecule has 124 valence electrons. The second kappa shape index (κ2) is 6.83. The summed E-state index contributed by atoms with van der Waals surface area (Å²) in [5.41, 5.74) is 3.02. The van der Waals surface area contributed by atoms with Crippen LogP contribution in [0.2, 0.25) is 5.02 Å². The maximum atomic E-state index is 12.3. The molecular formula is C17H15BrClN3O2. The van der Waals surface area contributed by atoms with E-state index in [1.807, 2.05) is 6.07 Å². The topological polar surface area (TPSA) is 61.4 Å². The molecule has 0 fully saturated rings. The Morgan fingerprint density at radius 1 is 1.17 bits per heavy atom. The maximum absolute atomic E-state index is 12.3. The number of halogens is 2. The van der Waals surface area contributed by atoms with Crippen molar-refractivity contribution >= 4 is 56.5 Å². The lowest BCUT2D eigenvalue weighted by atomic mass is 10.1. The summed E-state index contributed by atoms with van der Waals surface area (Å²) in [6.45, 7) is 2.14. The van der Waals surface area contributed by atoms with Gasteiger partial charge in [-0.05, 0) is 48.4 Å². The largest absolute Gasteiger partial charge is 0.323 e. The number of nitrogens with one attached hydrogen (secondary N) is 2. The van der Waals surface area contributed by atoms with Gasteiger partial charge in [-0.25, -0.2) is 4.79 Å². The number of amides is 3. The van der Waals surface area contributed by atoms with Gasteiger partial charge in [-0.3, -0.25) is 4.79 Å². The van der Waals surface area contributed by atoms with Gasteiger partial charge in [0, 0.05) is 28.7 Å². The van der Waals surface area contributed by atoms with Crippen LogP contribution in [0.15, 0.2) is 40.9 Å². The molecule has 0 radical (unpaired) electrons. The predicted octanol–water partition coefficient (Wildman–Crippen LogP) is 4.66. The first-order valence-electron chi connectivity index (χ1n) is 7.38. The Morgan fingerprint density at radius 2 is 1.88 bits per heavy atom. The first-order valence-corrected chi connectivity index (χ1v) is 8.55. The Hall–Kier alpha value is -2.05. The van der Waals surface area contributed by atoms with Gasteiger partial charge in [-0.15, -0.1) is 0 Å². The van der Waals surface area contributed by atoms with Gasteiger partial charge >= 0.3 is 6.03 Å². The summed E-state index contributed by atoms with van der Waals surface area (Å²) in [4.78, 5) is 25.8. The third-order valence-corrected chi connectivity index (χ3v) is 4.47. The molecule has 2 aromatic rings. The van der Waals surface area contributed by atoms with Crippen molar-refractivity contribution in [3.05, 3.63) is 51.5 Å². The number of nitrogens with zero attached hydrogens (tertiary/aromatic N) is 1. The third-order valence-electron chi connectivity index (χ3n) is 3.76. The van der Waals surface area contributed by atoms with E-state index in [0.717, 1.165) is 22.1 Å². The highest BCUT2D eigenvalue weighted by Gasteiger charge is 2.26. The number of carbonyl (C=O) groups is 2. The van der Waals surface area contributed by atoms with Gasteiger partial charge in [0.2, 0.25) is 5.91 Å². The number of hydrogen-bond donors (Lipinski definition) is 2. The van der Waals surface area contributed by atoms with Crippen molar-refractivity contribution in [3.63, 3.8) is 0 Å². The summed E-state index contributed by atoms with van der Waals surface area (Å²) in [6.07, 6.45) is 0.766. The predicted molar refractivity (Wildman–Crippen MR) is 100.0 cm³/mol. The molecular weight excluding hydrogens is 394 g/mol. The first-order chi connectivity index (χ1) is 11.4. The number of fused-ring (bicyclic) bond motifs is 1. The van der Waals surface area contributed by atoms with E-state index in [4.69, 9.17) is 11.6 Å². The molecule has 7 heteroatoms. The molecule has 3 amide bonds. The van der Waals surface area contributed by atoms with Gasteiger partial charge in [0.15, 0.2) is 0 Å². The van der Waals surface area contributed by atoms with Crippen molar-refractivity contribution in [2.45, 2.75) is 13.3 Å². The van der Waals surface area contributed by atoms with Gasteiger partial charge in [0.05, 0.1) is 11.4 Å². The molecule has 0 bridgehead atoms. The molecule has 24 heavy (non-hydrogen) atoms. The van der Waals surface area contributed by atoms with Gasteiger partial charge < -0.3 is 15.5 Å². The van der Waals surface area contributed by atoms with Crippen LogP contribution in [0.1, 0.15) is 12.5 Å². The molecule has 0 saturated carbocycles. The highest BCUT2D eigenvalue weighted by molar-refractivity contribution is 9.10. The summed E-state index contributed by atoms with van der Waals surface area (Å²) >= 11 is 9.28. The average Bonchev–Trinajstić information content (AvgIpc) is 2.93. The van der Waals surface area contributed by atoms with Crippen molar-refractivity contribution in [2.24, 2.45) is 0 Å². The van der Waals surface area contributed by atoms with Crippen LogP contribution in [0.5, 0.6) is 0 Å². The minimum atomic E-state index is -0.381. The monoisotopic (exact) mass is 407 g/mol. The fourth-order valence-corrected chi connectivity index (χ4v) is 3.37. The Kier molecular flexibility index (Phi) is 4.78. The van der Waals surface area contributed by atoms with E-state index < -0.39 is 0 Å². The second-order valence-electron chi connectivity index (χ2n) is 5.47. The van der Waals surface area contributed by atoms with Crippen LogP contribution in [0.25, 0.3) is 0 Å². The average molecular weight is 409 g/mol. The molecule has 1 aliphatic heterocycles. The molecule has 1 heterocycles. The normalized spacial score (nSPS) is 12.7. The van der Waals surface area contributed by atoms with Crippen LogP contribution in [0.4, 0.5) is 21.9 Å². The fraction of sp³-hybridized carbons (Fsp3) is 0.176. The zero-order valence-corrected chi connectivity index (χ0v) is 15.2.